The Labute approximate surface area is 186 Å². The van der Waals surface area contributed by atoms with Crippen LogP contribution in [0, 0.1) is 0 Å². The van der Waals surface area contributed by atoms with Crippen LogP contribution in [0.3, 0.4) is 0 Å². The first-order valence-corrected chi connectivity index (χ1v) is 11.2. The summed E-state index contributed by atoms with van der Waals surface area (Å²) >= 11 is 1.62. The maximum atomic E-state index is 12.0. The van der Waals surface area contributed by atoms with E-state index in [-0.39, 0.29) is 12.1 Å². The lowest BCUT2D eigenvalue weighted by molar-refractivity contribution is 0.100. The Kier molecular flexibility index (Phi) is 6.53. The predicted molar refractivity (Wildman–Crippen MR) is 123 cm³/mol. The summed E-state index contributed by atoms with van der Waals surface area (Å²) in [7, 11) is 1.67. The molecule has 1 saturated carbocycles. The van der Waals surface area contributed by atoms with E-state index in [0.717, 1.165) is 52.7 Å². The molecule has 1 heterocycles. The second-order valence-corrected chi connectivity index (χ2v) is 8.78. The lowest BCUT2D eigenvalue weighted by Gasteiger charge is -2.28. The highest BCUT2D eigenvalue weighted by molar-refractivity contribution is 7.99. The highest BCUT2D eigenvalue weighted by Gasteiger charge is 2.21. The average molecular weight is 438 g/mol. The van der Waals surface area contributed by atoms with E-state index < -0.39 is 5.91 Å². The third kappa shape index (κ3) is 4.89. The number of nitrogens with one attached hydrogen (secondary N) is 1. The minimum Gasteiger partial charge on any atom is -0.496 e. The molecule has 2 aromatic carbocycles. The number of primary amides is 1. The van der Waals surface area contributed by atoms with Crippen LogP contribution >= 0.6 is 11.8 Å². The summed E-state index contributed by atoms with van der Waals surface area (Å²) in [6, 6.07) is 17.8. The first kappa shape index (κ1) is 21.3. The van der Waals surface area contributed by atoms with Crippen molar-refractivity contribution in [3.05, 3.63) is 66.4 Å². The first-order chi connectivity index (χ1) is 15.0. The number of carbonyl (C=O) groups excluding carboxylic acids is 1. The van der Waals surface area contributed by atoms with E-state index in [1.165, 1.54) is 0 Å². The maximum absolute atomic E-state index is 12.0. The largest absolute Gasteiger partial charge is 0.496 e. The zero-order valence-electron chi connectivity index (χ0n) is 17.5. The van der Waals surface area contributed by atoms with Crippen molar-refractivity contribution in [1.82, 2.24) is 4.57 Å². The van der Waals surface area contributed by atoms with Gasteiger partial charge in [-0.3, -0.25) is 4.79 Å². The molecule has 0 aliphatic heterocycles. The molecular formula is C24H27N3O3S. The molecule has 31 heavy (non-hydrogen) atoms. The van der Waals surface area contributed by atoms with E-state index in [4.69, 9.17) is 10.5 Å². The van der Waals surface area contributed by atoms with Crippen molar-refractivity contribution in [1.29, 1.82) is 0 Å². The number of hydrogen-bond donors (Lipinski definition) is 3. The van der Waals surface area contributed by atoms with Gasteiger partial charge in [-0.2, -0.15) is 0 Å². The number of aliphatic hydroxyl groups is 1. The second-order valence-electron chi connectivity index (χ2n) is 7.71. The average Bonchev–Trinajstić information content (AvgIpc) is 3.23. The maximum Gasteiger partial charge on any atom is 0.250 e. The summed E-state index contributed by atoms with van der Waals surface area (Å²) in [5.41, 5.74) is 7.77. The number of para-hydroxylation sites is 1. The summed E-state index contributed by atoms with van der Waals surface area (Å²) in [6.07, 6.45) is 5.03. The second kappa shape index (κ2) is 9.49. The third-order valence-corrected chi connectivity index (χ3v) is 6.70. The Balaban J connectivity index is 1.63. The van der Waals surface area contributed by atoms with Crippen molar-refractivity contribution in [3.63, 3.8) is 0 Å². The van der Waals surface area contributed by atoms with Gasteiger partial charge in [0.25, 0.3) is 5.91 Å². The molecule has 3 aromatic rings. The van der Waals surface area contributed by atoms with Gasteiger partial charge in [0.1, 0.15) is 5.75 Å². The van der Waals surface area contributed by atoms with Crippen molar-refractivity contribution >= 4 is 23.4 Å². The molecule has 1 amide bonds. The van der Waals surface area contributed by atoms with Crippen LogP contribution in [0.25, 0.3) is 5.69 Å². The monoisotopic (exact) mass is 437 g/mol. The van der Waals surface area contributed by atoms with E-state index in [2.05, 4.69) is 16.0 Å². The minimum atomic E-state index is -0.457. The van der Waals surface area contributed by atoms with Crippen LogP contribution in [0.4, 0.5) is 5.69 Å². The lowest BCUT2D eigenvalue weighted by Crippen LogP contribution is -2.29. The van der Waals surface area contributed by atoms with Gasteiger partial charge in [0.15, 0.2) is 0 Å². The summed E-state index contributed by atoms with van der Waals surface area (Å²) < 4.78 is 7.56. The number of carbonyl (C=O) groups is 1. The number of amides is 1. The zero-order chi connectivity index (χ0) is 21.8. The van der Waals surface area contributed by atoms with Crippen LogP contribution in [0.2, 0.25) is 0 Å². The Morgan fingerprint density at radius 2 is 1.90 bits per heavy atom. The number of methoxy groups -OCH3 is 1. The topological polar surface area (TPSA) is 89.5 Å². The fraction of sp³-hybridized carbons (Fsp3) is 0.292. The van der Waals surface area contributed by atoms with Crippen LogP contribution < -0.4 is 15.8 Å². The molecule has 4 rings (SSSR count). The molecule has 1 aliphatic carbocycles. The molecule has 1 aromatic heterocycles. The number of hydrogen-bond acceptors (Lipinski definition) is 5. The quantitative estimate of drug-likeness (QED) is 0.508. The summed E-state index contributed by atoms with van der Waals surface area (Å²) in [4.78, 5) is 13.0. The van der Waals surface area contributed by atoms with Crippen molar-refractivity contribution in [3.8, 4) is 11.4 Å². The molecule has 162 valence electrons. The molecule has 0 radical (unpaired) electrons. The van der Waals surface area contributed by atoms with Crippen LogP contribution in [0.5, 0.6) is 5.75 Å². The first-order valence-electron chi connectivity index (χ1n) is 10.4. The van der Waals surface area contributed by atoms with Gasteiger partial charge in [0.2, 0.25) is 0 Å². The highest BCUT2D eigenvalue weighted by atomic mass is 32.2. The van der Waals surface area contributed by atoms with E-state index in [1.807, 2.05) is 48.7 Å². The summed E-state index contributed by atoms with van der Waals surface area (Å²) in [5, 5.41) is 14.3. The molecule has 7 heteroatoms. The van der Waals surface area contributed by atoms with E-state index in [0.29, 0.717) is 5.56 Å². The zero-order valence-corrected chi connectivity index (χ0v) is 18.3. The fourth-order valence-electron chi connectivity index (χ4n) is 3.93. The number of nitrogens with two attached hydrogens (primary N) is 1. The van der Waals surface area contributed by atoms with Gasteiger partial charge in [0, 0.05) is 23.6 Å². The van der Waals surface area contributed by atoms with Gasteiger partial charge in [-0.25, -0.2) is 0 Å². The summed E-state index contributed by atoms with van der Waals surface area (Å²) in [5.74, 6) is 0.368. The number of anilines is 1. The molecular weight excluding hydrogens is 410 g/mol. The van der Waals surface area contributed by atoms with E-state index in [9.17, 15) is 9.90 Å². The molecule has 0 saturated heterocycles. The molecule has 6 nitrogen and oxygen atoms in total. The SMILES string of the molecule is COc1ccccc1Sc1cccn1-c1ccc(C(N)=O)c(NC2CCC(O)CC2)c1. The van der Waals surface area contributed by atoms with Crippen molar-refractivity contribution < 1.29 is 14.6 Å². The van der Waals surface area contributed by atoms with Gasteiger partial charge in [-0.1, -0.05) is 23.9 Å². The van der Waals surface area contributed by atoms with Crippen molar-refractivity contribution in [2.45, 2.75) is 47.8 Å². The molecule has 0 bridgehead atoms. The van der Waals surface area contributed by atoms with Crippen LogP contribution in [0.1, 0.15) is 36.0 Å². The number of ether oxygens (including phenoxy) is 1. The number of aliphatic hydroxyl groups excluding tert-OH is 1. The Bertz CT molecular complexity index is 1060. The Morgan fingerprint density at radius 3 is 2.65 bits per heavy atom. The standard InChI is InChI=1S/C24H27N3O3S/c1-30-21-5-2-3-6-22(21)31-23-7-4-14-27(23)17-10-13-19(24(25)29)20(15-17)26-16-8-11-18(28)12-9-16/h2-7,10,13-16,18,26,28H,8-9,11-12H2,1H3,(H2,25,29). The van der Waals surface area contributed by atoms with E-state index in [1.54, 1.807) is 24.9 Å². The van der Waals surface area contributed by atoms with Crippen LogP contribution in [0.15, 0.2) is 70.7 Å². The highest BCUT2D eigenvalue weighted by Crippen LogP contribution is 2.36. The van der Waals surface area contributed by atoms with Crippen molar-refractivity contribution in [2.75, 3.05) is 12.4 Å². The summed E-state index contributed by atoms with van der Waals surface area (Å²) in [6.45, 7) is 0. The smallest absolute Gasteiger partial charge is 0.250 e. The predicted octanol–water partition coefficient (Wildman–Crippen LogP) is 4.45. The fourth-order valence-corrected chi connectivity index (χ4v) is 4.97. The minimum absolute atomic E-state index is 0.212. The van der Waals surface area contributed by atoms with Gasteiger partial charge in [-0.05, 0) is 68.1 Å². The van der Waals surface area contributed by atoms with Gasteiger partial charge < -0.3 is 25.5 Å². The van der Waals surface area contributed by atoms with Crippen molar-refractivity contribution in [2.24, 2.45) is 5.73 Å². The number of benzene rings is 2. The van der Waals surface area contributed by atoms with Crippen LogP contribution in [-0.2, 0) is 0 Å². The van der Waals surface area contributed by atoms with E-state index >= 15 is 0 Å². The van der Waals surface area contributed by atoms with Gasteiger partial charge >= 0.3 is 0 Å². The Morgan fingerprint density at radius 1 is 1.13 bits per heavy atom. The molecule has 1 aliphatic rings. The number of aromatic nitrogens is 1. The third-order valence-electron chi connectivity index (χ3n) is 5.60. The number of rotatable bonds is 7. The molecule has 0 unspecified atom stereocenters. The molecule has 0 spiro atoms. The number of nitrogens with zero attached hydrogens (tertiary/aromatic N) is 1. The van der Waals surface area contributed by atoms with Crippen LogP contribution in [-0.4, -0.2) is 34.8 Å². The normalized spacial score (nSPS) is 18.5. The van der Waals surface area contributed by atoms with Gasteiger partial charge in [-0.15, -0.1) is 0 Å². The lowest BCUT2D eigenvalue weighted by atomic mass is 9.92. The Hall–Kier alpha value is -2.90. The molecule has 4 N–H and O–H groups in total. The molecule has 0 atom stereocenters. The van der Waals surface area contributed by atoms with Gasteiger partial charge in [0.05, 0.1) is 28.7 Å². The molecule has 1 fully saturated rings.